The fraction of sp³-hybridized carbons (Fsp3) is 0.364. The first kappa shape index (κ1) is 12.9. The number of esters is 1. The standard InChI is InChI=1S/C11H14O4S/c1-8(10-6-4-3-5-7-10)11(16(13)14)15-9(2)12/h3-8,11H,1-2H3,(H,13,14)/p-1. The monoisotopic (exact) mass is 241 g/mol. The molecule has 4 nitrogen and oxygen atoms in total. The predicted molar refractivity (Wildman–Crippen MR) is 59.3 cm³/mol. The van der Waals surface area contributed by atoms with Crippen molar-refractivity contribution in [1.82, 2.24) is 0 Å². The molecular weight excluding hydrogens is 228 g/mol. The summed E-state index contributed by atoms with van der Waals surface area (Å²) < 4.78 is 26.7. The zero-order chi connectivity index (χ0) is 12.1. The Labute approximate surface area is 96.9 Å². The van der Waals surface area contributed by atoms with E-state index in [0.717, 1.165) is 5.56 Å². The Balaban J connectivity index is 2.87. The molecule has 0 saturated carbocycles. The van der Waals surface area contributed by atoms with E-state index in [1.165, 1.54) is 6.92 Å². The molecule has 0 bridgehead atoms. The molecule has 0 heterocycles. The molecule has 0 saturated heterocycles. The molecule has 1 aromatic rings. The Bertz CT molecular complexity index is 377. The first-order chi connectivity index (χ1) is 7.52. The van der Waals surface area contributed by atoms with Gasteiger partial charge in [-0.1, -0.05) is 37.3 Å². The van der Waals surface area contributed by atoms with E-state index in [1.807, 2.05) is 18.2 Å². The summed E-state index contributed by atoms with van der Waals surface area (Å²) in [5.41, 5.74) is -0.321. The van der Waals surface area contributed by atoms with Gasteiger partial charge in [-0.15, -0.1) is 0 Å². The predicted octanol–water partition coefficient (Wildman–Crippen LogP) is 1.56. The maximum Gasteiger partial charge on any atom is 0.303 e. The van der Waals surface area contributed by atoms with Crippen LogP contribution in [0.1, 0.15) is 25.3 Å². The van der Waals surface area contributed by atoms with Crippen molar-refractivity contribution in [3.05, 3.63) is 35.9 Å². The summed E-state index contributed by atoms with van der Waals surface area (Å²) >= 11 is -2.45. The lowest BCUT2D eigenvalue weighted by Gasteiger charge is -2.25. The van der Waals surface area contributed by atoms with E-state index in [0.29, 0.717) is 0 Å². The molecule has 0 radical (unpaired) electrons. The second kappa shape index (κ2) is 5.77. The quantitative estimate of drug-likeness (QED) is 0.592. The third kappa shape index (κ3) is 3.43. The van der Waals surface area contributed by atoms with Crippen molar-refractivity contribution >= 4 is 17.0 Å². The third-order valence-electron chi connectivity index (χ3n) is 2.21. The smallest absolute Gasteiger partial charge is 0.303 e. The number of rotatable bonds is 4. The van der Waals surface area contributed by atoms with E-state index in [2.05, 4.69) is 0 Å². The van der Waals surface area contributed by atoms with Crippen LogP contribution in [0.4, 0.5) is 0 Å². The van der Waals surface area contributed by atoms with Crippen LogP contribution in [0.3, 0.4) is 0 Å². The van der Waals surface area contributed by atoms with Crippen LogP contribution in [0, 0.1) is 0 Å². The highest BCUT2D eigenvalue weighted by molar-refractivity contribution is 7.79. The summed E-state index contributed by atoms with van der Waals surface area (Å²) in [5, 5.41) is 0. The summed E-state index contributed by atoms with van der Waals surface area (Å²) in [7, 11) is 0. The molecule has 88 valence electrons. The van der Waals surface area contributed by atoms with Gasteiger partial charge in [0.05, 0.1) is 0 Å². The molecule has 1 rings (SSSR count). The Morgan fingerprint density at radius 3 is 2.38 bits per heavy atom. The zero-order valence-corrected chi connectivity index (χ0v) is 9.90. The Morgan fingerprint density at radius 1 is 1.38 bits per heavy atom. The lowest BCUT2D eigenvalue weighted by atomic mass is 10.0. The second-order valence-corrected chi connectivity index (χ2v) is 4.42. The van der Waals surface area contributed by atoms with Gasteiger partial charge in [0, 0.05) is 12.8 Å². The lowest BCUT2D eigenvalue weighted by Crippen LogP contribution is -2.27. The highest BCUT2D eigenvalue weighted by atomic mass is 32.2. The molecule has 0 amide bonds. The van der Waals surface area contributed by atoms with Crippen molar-refractivity contribution in [2.45, 2.75) is 25.2 Å². The molecule has 3 atom stereocenters. The summed E-state index contributed by atoms with van der Waals surface area (Å²) in [6, 6.07) is 9.06. The van der Waals surface area contributed by atoms with Crippen LogP contribution in [0.5, 0.6) is 0 Å². The minimum atomic E-state index is -2.45. The largest absolute Gasteiger partial charge is 0.770 e. The first-order valence-corrected chi connectivity index (χ1v) is 5.96. The van der Waals surface area contributed by atoms with E-state index < -0.39 is 22.5 Å². The molecule has 0 aliphatic rings. The topological polar surface area (TPSA) is 66.4 Å². The minimum Gasteiger partial charge on any atom is -0.770 e. The molecular formula is C11H13O4S-. The number of benzene rings is 1. The van der Waals surface area contributed by atoms with Crippen LogP contribution in [0.15, 0.2) is 30.3 Å². The van der Waals surface area contributed by atoms with E-state index in [9.17, 15) is 13.6 Å². The van der Waals surface area contributed by atoms with Crippen molar-refractivity contribution in [2.24, 2.45) is 0 Å². The average Bonchev–Trinajstić information content (AvgIpc) is 2.25. The van der Waals surface area contributed by atoms with E-state index in [-0.39, 0.29) is 5.92 Å². The van der Waals surface area contributed by atoms with E-state index in [1.54, 1.807) is 19.1 Å². The van der Waals surface area contributed by atoms with Crippen LogP contribution in [-0.2, 0) is 20.6 Å². The van der Waals surface area contributed by atoms with Crippen LogP contribution in [0.25, 0.3) is 0 Å². The molecule has 0 fully saturated rings. The maximum absolute atomic E-state index is 11.0. The van der Waals surface area contributed by atoms with Crippen LogP contribution < -0.4 is 0 Å². The Morgan fingerprint density at radius 2 is 1.94 bits per heavy atom. The highest BCUT2D eigenvalue weighted by Gasteiger charge is 2.22. The molecule has 0 spiro atoms. The van der Waals surface area contributed by atoms with Gasteiger partial charge in [-0.05, 0) is 16.6 Å². The van der Waals surface area contributed by atoms with Gasteiger partial charge < -0.3 is 9.29 Å². The van der Waals surface area contributed by atoms with Crippen molar-refractivity contribution in [3.8, 4) is 0 Å². The minimum absolute atomic E-state index is 0.386. The van der Waals surface area contributed by atoms with Gasteiger partial charge in [0.1, 0.15) is 0 Å². The molecule has 16 heavy (non-hydrogen) atoms. The van der Waals surface area contributed by atoms with Crippen molar-refractivity contribution in [1.29, 1.82) is 0 Å². The number of hydrogen-bond donors (Lipinski definition) is 0. The van der Waals surface area contributed by atoms with Crippen molar-refractivity contribution < 1.29 is 18.3 Å². The van der Waals surface area contributed by atoms with Gasteiger partial charge in [0.2, 0.25) is 0 Å². The second-order valence-electron chi connectivity index (χ2n) is 3.44. The summed E-state index contributed by atoms with van der Waals surface area (Å²) in [6.45, 7) is 2.90. The molecule has 5 heteroatoms. The third-order valence-corrected chi connectivity index (χ3v) is 3.09. The first-order valence-electron chi connectivity index (χ1n) is 4.82. The van der Waals surface area contributed by atoms with Gasteiger partial charge in [-0.25, -0.2) is 0 Å². The fourth-order valence-electron chi connectivity index (χ4n) is 1.39. The molecule has 3 unspecified atom stereocenters. The Hall–Kier alpha value is -1.20. The number of carbonyl (C=O) groups excluding carboxylic acids is 1. The maximum atomic E-state index is 11.0. The van der Waals surface area contributed by atoms with Gasteiger partial charge in [-0.2, -0.15) is 0 Å². The Kier molecular flexibility index (Phi) is 4.64. The van der Waals surface area contributed by atoms with E-state index >= 15 is 0 Å². The van der Waals surface area contributed by atoms with Crippen LogP contribution in [0.2, 0.25) is 0 Å². The van der Waals surface area contributed by atoms with Crippen molar-refractivity contribution in [3.63, 3.8) is 0 Å². The highest BCUT2D eigenvalue weighted by Crippen LogP contribution is 2.23. The molecule has 0 N–H and O–H groups in total. The normalized spacial score (nSPS) is 16.2. The number of carbonyl (C=O) groups is 1. The van der Waals surface area contributed by atoms with Crippen LogP contribution >= 0.6 is 0 Å². The summed E-state index contributed by atoms with van der Waals surface area (Å²) in [6.07, 6.45) is 0. The van der Waals surface area contributed by atoms with Gasteiger partial charge >= 0.3 is 5.97 Å². The van der Waals surface area contributed by atoms with Gasteiger partial charge in [0.15, 0.2) is 5.44 Å². The van der Waals surface area contributed by atoms with Crippen molar-refractivity contribution in [2.75, 3.05) is 0 Å². The molecule has 0 aromatic heterocycles. The summed E-state index contributed by atoms with van der Waals surface area (Å²) in [4.78, 5) is 10.8. The fourth-order valence-corrected chi connectivity index (χ4v) is 2.09. The van der Waals surface area contributed by atoms with Gasteiger partial charge in [-0.3, -0.25) is 9.00 Å². The lowest BCUT2D eigenvalue weighted by molar-refractivity contribution is -0.143. The zero-order valence-electron chi connectivity index (χ0n) is 9.08. The van der Waals surface area contributed by atoms with Crippen LogP contribution in [-0.4, -0.2) is 20.2 Å². The van der Waals surface area contributed by atoms with Gasteiger partial charge in [0.25, 0.3) is 0 Å². The molecule has 1 aromatic carbocycles. The molecule has 0 aliphatic heterocycles. The average molecular weight is 241 g/mol. The molecule has 0 aliphatic carbocycles. The number of ether oxygens (including phenoxy) is 1. The van der Waals surface area contributed by atoms with E-state index in [4.69, 9.17) is 4.74 Å². The number of hydrogen-bond acceptors (Lipinski definition) is 4. The SMILES string of the molecule is CC(=O)OC(C(C)c1ccccc1)S(=O)[O-]. The summed E-state index contributed by atoms with van der Waals surface area (Å²) in [5.74, 6) is -0.986.